The second kappa shape index (κ2) is 5.32. The third kappa shape index (κ3) is 2.96. The van der Waals surface area contributed by atoms with Gasteiger partial charge in [-0.05, 0) is 38.9 Å². The van der Waals surface area contributed by atoms with Crippen LogP contribution in [0, 0.1) is 5.92 Å². The van der Waals surface area contributed by atoms with Crippen LogP contribution in [0.1, 0.15) is 19.8 Å². The quantitative estimate of drug-likeness (QED) is 0.659. The summed E-state index contributed by atoms with van der Waals surface area (Å²) in [6, 6.07) is 0.0833. The summed E-state index contributed by atoms with van der Waals surface area (Å²) in [7, 11) is 2.00. The Kier molecular flexibility index (Phi) is 4.35. The molecule has 0 saturated carbocycles. The van der Waals surface area contributed by atoms with E-state index in [2.05, 4.69) is 10.2 Å². The number of rotatable bonds is 4. The smallest absolute Gasteiger partial charge is 0.237 e. The van der Waals surface area contributed by atoms with E-state index >= 15 is 0 Å². The normalized spacial score (nSPS) is 24.9. The minimum absolute atomic E-state index is 0.0833. The minimum Gasteiger partial charge on any atom is -0.354 e. The van der Waals surface area contributed by atoms with Crippen LogP contribution in [0.5, 0.6) is 0 Å². The molecule has 1 aliphatic heterocycles. The van der Waals surface area contributed by atoms with Crippen LogP contribution in [0.3, 0.4) is 0 Å². The number of carbonyl (C=O) groups excluding carboxylic acids is 1. The van der Waals surface area contributed by atoms with E-state index in [1.165, 1.54) is 0 Å². The Morgan fingerprint density at radius 3 is 2.93 bits per heavy atom. The number of nitrogens with one attached hydrogen (secondary N) is 1. The van der Waals surface area contributed by atoms with E-state index in [9.17, 15) is 4.79 Å². The van der Waals surface area contributed by atoms with Gasteiger partial charge in [0.15, 0.2) is 0 Å². The van der Waals surface area contributed by atoms with Crippen molar-refractivity contribution in [2.75, 3.05) is 26.7 Å². The minimum atomic E-state index is 0.0833. The van der Waals surface area contributed by atoms with E-state index in [4.69, 9.17) is 5.73 Å². The maximum Gasteiger partial charge on any atom is 0.237 e. The van der Waals surface area contributed by atoms with Gasteiger partial charge in [0, 0.05) is 6.54 Å². The first kappa shape index (κ1) is 11.5. The average Bonchev–Trinajstić information content (AvgIpc) is 2.60. The van der Waals surface area contributed by atoms with E-state index in [0.717, 1.165) is 19.4 Å². The largest absolute Gasteiger partial charge is 0.354 e. The first-order valence-corrected chi connectivity index (χ1v) is 5.33. The van der Waals surface area contributed by atoms with Gasteiger partial charge in [-0.3, -0.25) is 9.69 Å². The fraction of sp³-hybridized carbons (Fsp3) is 0.900. The van der Waals surface area contributed by atoms with E-state index in [-0.39, 0.29) is 11.9 Å². The van der Waals surface area contributed by atoms with Crippen LogP contribution in [0.2, 0.25) is 0 Å². The van der Waals surface area contributed by atoms with Crippen LogP contribution in [0.15, 0.2) is 0 Å². The third-order valence-corrected chi connectivity index (χ3v) is 2.85. The molecule has 1 aliphatic rings. The molecule has 4 nitrogen and oxygen atoms in total. The van der Waals surface area contributed by atoms with Crippen LogP contribution in [-0.2, 0) is 4.79 Å². The van der Waals surface area contributed by atoms with Gasteiger partial charge in [0.2, 0.25) is 5.91 Å². The van der Waals surface area contributed by atoms with Crippen molar-refractivity contribution in [2.45, 2.75) is 25.8 Å². The van der Waals surface area contributed by atoms with Gasteiger partial charge in [-0.1, -0.05) is 6.92 Å². The van der Waals surface area contributed by atoms with Gasteiger partial charge in [0.25, 0.3) is 0 Å². The number of carbonyl (C=O) groups is 1. The summed E-state index contributed by atoms with van der Waals surface area (Å²) in [6.45, 7) is 4.39. The molecular formula is C10H21N3O. The zero-order valence-electron chi connectivity index (χ0n) is 9.12. The maximum absolute atomic E-state index is 11.7. The molecule has 1 fully saturated rings. The summed E-state index contributed by atoms with van der Waals surface area (Å²) in [4.78, 5) is 13.8. The molecule has 2 unspecified atom stereocenters. The highest BCUT2D eigenvalue weighted by Crippen LogP contribution is 2.14. The molecule has 3 N–H and O–H groups in total. The van der Waals surface area contributed by atoms with Crippen molar-refractivity contribution in [3.63, 3.8) is 0 Å². The van der Waals surface area contributed by atoms with Crippen molar-refractivity contribution < 1.29 is 4.79 Å². The number of hydrogen-bond acceptors (Lipinski definition) is 3. The van der Waals surface area contributed by atoms with E-state index in [0.29, 0.717) is 19.0 Å². The molecule has 2 atom stereocenters. The second-order valence-electron chi connectivity index (χ2n) is 4.22. The van der Waals surface area contributed by atoms with E-state index in [1.807, 2.05) is 14.0 Å². The van der Waals surface area contributed by atoms with Crippen LogP contribution in [0.4, 0.5) is 0 Å². The zero-order chi connectivity index (χ0) is 10.6. The molecule has 82 valence electrons. The molecule has 4 heteroatoms. The highest BCUT2D eigenvalue weighted by Gasteiger charge is 2.27. The SMILES string of the molecule is CC(CN)CNC(=O)C1CCCN1C. The molecule has 1 amide bonds. The van der Waals surface area contributed by atoms with Gasteiger partial charge >= 0.3 is 0 Å². The Bertz CT molecular complexity index is 196. The molecular weight excluding hydrogens is 178 g/mol. The summed E-state index contributed by atoms with van der Waals surface area (Å²) < 4.78 is 0. The summed E-state index contributed by atoms with van der Waals surface area (Å²) >= 11 is 0. The fourth-order valence-corrected chi connectivity index (χ4v) is 1.72. The predicted octanol–water partition coefficient (Wildman–Crippen LogP) is -0.208. The molecule has 1 heterocycles. The predicted molar refractivity (Wildman–Crippen MR) is 56.9 cm³/mol. The molecule has 0 spiro atoms. The number of nitrogens with two attached hydrogens (primary N) is 1. The van der Waals surface area contributed by atoms with E-state index < -0.39 is 0 Å². The Morgan fingerprint density at radius 2 is 2.43 bits per heavy atom. The summed E-state index contributed by atoms with van der Waals surface area (Å²) in [5.41, 5.74) is 5.48. The number of likely N-dealkylation sites (tertiary alicyclic amines) is 1. The molecule has 1 rings (SSSR count). The highest BCUT2D eigenvalue weighted by molar-refractivity contribution is 5.81. The maximum atomic E-state index is 11.7. The van der Waals surface area contributed by atoms with Gasteiger partial charge in [0.05, 0.1) is 6.04 Å². The van der Waals surface area contributed by atoms with Crippen molar-refractivity contribution in [3.8, 4) is 0 Å². The van der Waals surface area contributed by atoms with Gasteiger partial charge in [-0.15, -0.1) is 0 Å². The van der Waals surface area contributed by atoms with Crippen molar-refractivity contribution in [1.82, 2.24) is 10.2 Å². The molecule has 0 aromatic rings. The summed E-state index contributed by atoms with van der Waals surface area (Å²) in [5.74, 6) is 0.524. The van der Waals surface area contributed by atoms with Crippen molar-refractivity contribution in [2.24, 2.45) is 11.7 Å². The van der Waals surface area contributed by atoms with Crippen LogP contribution in [-0.4, -0.2) is 43.5 Å². The lowest BCUT2D eigenvalue weighted by atomic mass is 10.1. The van der Waals surface area contributed by atoms with E-state index in [1.54, 1.807) is 0 Å². The number of hydrogen-bond donors (Lipinski definition) is 2. The number of likely N-dealkylation sites (N-methyl/N-ethyl adjacent to an activating group) is 1. The average molecular weight is 199 g/mol. The van der Waals surface area contributed by atoms with Gasteiger partial charge < -0.3 is 11.1 Å². The highest BCUT2D eigenvalue weighted by atomic mass is 16.2. The Labute approximate surface area is 85.8 Å². The molecule has 0 aromatic heterocycles. The Morgan fingerprint density at radius 1 is 1.71 bits per heavy atom. The van der Waals surface area contributed by atoms with Crippen molar-refractivity contribution in [1.29, 1.82) is 0 Å². The molecule has 0 radical (unpaired) electrons. The fourth-order valence-electron chi connectivity index (χ4n) is 1.72. The van der Waals surface area contributed by atoms with Gasteiger partial charge in [-0.25, -0.2) is 0 Å². The lowest BCUT2D eigenvalue weighted by Crippen LogP contribution is -2.43. The van der Waals surface area contributed by atoms with Crippen LogP contribution < -0.4 is 11.1 Å². The first-order valence-electron chi connectivity index (χ1n) is 5.33. The Balaban J connectivity index is 2.27. The number of amides is 1. The van der Waals surface area contributed by atoms with Crippen molar-refractivity contribution >= 4 is 5.91 Å². The van der Waals surface area contributed by atoms with Crippen molar-refractivity contribution in [3.05, 3.63) is 0 Å². The molecule has 1 saturated heterocycles. The Hall–Kier alpha value is -0.610. The van der Waals surface area contributed by atoms with Crippen LogP contribution >= 0.6 is 0 Å². The van der Waals surface area contributed by atoms with Crippen LogP contribution in [0.25, 0.3) is 0 Å². The topological polar surface area (TPSA) is 58.4 Å². The van der Waals surface area contributed by atoms with Gasteiger partial charge in [0.1, 0.15) is 0 Å². The molecule has 14 heavy (non-hydrogen) atoms. The summed E-state index contributed by atoms with van der Waals surface area (Å²) in [6.07, 6.45) is 2.11. The monoisotopic (exact) mass is 199 g/mol. The lowest BCUT2D eigenvalue weighted by Gasteiger charge is -2.19. The standard InChI is InChI=1S/C10H21N3O/c1-8(6-11)7-12-10(14)9-4-3-5-13(9)2/h8-9H,3-7,11H2,1-2H3,(H,12,14). The third-order valence-electron chi connectivity index (χ3n) is 2.85. The molecule has 0 aliphatic carbocycles. The lowest BCUT2D eigenvalue weighted by molar-refractivity contribution is -0.125. The first-order chi connectivity index (χ1) is 6.65. The van der Waals surface area contributed by atoms with Gasteiger partial charge in [-0.2, -0.15) is 0 Å². The molecule has 0 bridgehead atoms. The number of nitrogens with zero attached hydrogens (tertiary/aromatic N) is 1. The summed E-state index contributed by atoms with van der Waals surface area (Å²) in [5, 5.41) is 2.95. The zero-order valence-corrected chi connectivity index (χ0v) is 9.12. The second-order valence-corrected chi connectivity index (χ2v) is 4.22. The molecule has 0 aromatic carbocycles.